The summed E-state index contributed by atoms with van der Waals surface area (Å²) in [5.41, 5.74) is 9.97. The average molecular weight is 592 g/mol. The maximum absolute atomic E-state index is 13.0. The van der Waals surface area contributed by atoms with E-state index in [9.17, 15) is 4.79 Å². The third-order valence-corrected chi connectivity index (χ3v) is 8.13. The van der Waals surface area contributed by atoms with Gasteiger partial charge in [0.25, 0.3) is 0 Å². The molecule has 2 unspecified atom stereocenters. The molecule has 5 rings (SSSR count). The van der Waals surface area contributed by atoms with Crippen molar-refractivity contribution in [1.29, 1.82) is 0 Å². The van der Waals surface area contributed by atoms with Crippen LogP contribution < -0.4 is 10.5 Å². The van der Waals surface area contributed by atoms with E-state index < -0.39 is 0 Å². The number of hydrogen-bond donors (Lipinski definition) is 1. The normalized spacial score (nSPS) is 19.8. The number of carbonyl (C=O) groups excluding carboxylic acids is 1. The molecule has 2 saturated carbocycles. The van der Waals surface area contributed by atoms with Crippen LogP contribution in [0.2, 0.25) is 15.1 Å². The number of hydrogen-bond acceptors (Lipinski definition) is 3. The highest BCUT2D eigenvalue weighted by Gasteiger charge is 2.40. The van der Waals surface area contributed by atoms with E-state index >= 15 is 0 Å². The molecular weight excluding hydrogens is 569 g/mol. The van der Waals surface area contributed by atoms with Crippen LogP contribution in [0.3, 0.4) is 0 Å². The minimum Gasteiger partial charge on any atom is -0.489 e. The molecule has 2 fully saturated rings. The van der Waals surface area contributed by atoms with Crippen molar-refractivity contribution in [3.8, 4) is 5.75 Å². The molecule has 0 bridgehead atoms. The lowest BCUT2D eigenvalue weighted by Crippen LogP contribution is -2.18. The number of Topliss-reactive ketones (excluding diaryl/α,β-unsaturated/α-hetero) is 1. The van der Waals surface area contributed by atoms with Crippen molar-refractivity contribution >= 4 is 62.2 Å². The van der Waals surface area contributed by atoms with Crippen LogP contribution in [0.15, 0.2) is 70.7 Å². The maximum atomic E-state index is 13.0. The average Bonchev–Trinajstić information content (AvgIpc) is 3.74. The Bertz CT molecular complexity index is 1300. The molecule has 0 radical (unpaired) electrons. The highest BCUT2D eigenvalue weighted by molar-refractivity contribution is 9.10. The van der Waals surface area contributed by atoms with Gasteiger partial charge in [-0.2, -0.15) is 0 Å². The topological polar surface area (TPSA) is 52.3 Å². The van der Waals surface area contributed by atoms with Gasteiger partial charge >= 0.3 is 0 Å². The number of ketones is 1. The van der Waals surface area contributed by atoms with Crippen LogP contribution in [0.25, 0.3) is 5.70 Å². The highest BCUT2D eigenvalue weighted by atomic mass is 79.9. The number of benzene rings is 3. The highest BCUT2D eigenvalue weighted by Crippen LogP contribution is 2.56. The minimum atomic E-state index is -0.0233. The van der Waals surface area contributed by atoms with E-state index in [1.165, 1.54) is 5.56 Å². The summed E-state index contributed by atoms with van der Waals surface area (Å²) in [5, 5.41) is 1.45. The standard InChI is InChI=1S/C28H23BrCl3NO2/c29-17-8-6-15(7-9-17)20-13-21(20)19-11-10-18(12-25(19)32)35-14-22(28(34)16-4-5-16)27(33)26-23(30)2-1-3-24(26)31/h1-3,6-12,16,20-21H,4-5,13-14,33H2. The molecule has 0 heterocycles. The Hall–Kier alpha value is -1.98. The lowest BCUT2D eigenvalue weighted by molar-refractivity contribution is -0.116. The molecule has 35 heavy (non-hydrogen) atoms. The van der Waals surface area contributed by atoms with E-state index in [4.69, 9.17) is 45.3 Å². The zero-order valence-electron chi connectivity index (χ0n) is 18.7. The van der Waals surface area contributed by atoms with E-state index in [1.807, 2.05) is 18.2 Å². The SMILES string of the molecule is NC(=C(COc1ccc(C2CC2c2ccc(Br)cc2)c(Cl)c1)C(=O)C1CC1)c1c(Cl)cccc1Cl. The predicted octanol–water partition coefficient (Wildman–Crippen LogP) is 8.41. The van der Waals surface area contributed by atoms with Gasteiger partial charge in [0, 0.05) is 21.0 Å². The molecular formula is C28H23BrCl3NO2. The van der Waals surface area contributed by atoms with Crippen LogP contribution in [0.4, 0.5) is 0 Å². The first-order valence-electron chi connectivity index (χ1n) is 11.5. The Morgan fingerprint density at radius 3 is 2.26 bits per heavy atom. The van der Waals surface area contributed by atoms with E-state index in [0.29, 0.717) is 43.8 Å². The Morgan fingerprint density at radius 2 is 1.63 bits per heavy atom. The van der Waals surface area contributed by atoms with Gasteiger partial charge in [-0.25, -0.2) is 0 Å². The smallest absolute Gasteiger partial charge is 0.167 e. The summed E-state index contributed by atoms with van der Waals surface area (Å²) in [7, 11) is 0. The predicted molar refractivity (Wildman–Crippen MR) is 146 cm³/mol. The molecule has 3 nitrogen and oxygen atoms in total. The fourth-order valence-corrected chi connectivity index (χ4v) is 5.63. The van der Waals surface area contributed by atoms with Crippen LogP contribution in [0.5, 0.6) is 5.75 Å². The molecule has 0 amide bonds. The molecule has 3 aromatic carbocycles. The molecule has 2 atom stereocenters. The fraction of sp³-hybridized carbons (Fsp3) is 0.250. The van der Waals surface area contributed by atoms with E-state index in [2.05, 4.69) is 40.2 Å². The van der Waals surface area contributed by atoms with Gasteiger partial charge in [-0.15, -0.1) is 0 Å². The number of ether oxygens (including phenoxy) is 1. The van der Waals surface area contributed by atoms with Crippen molar-refractivity contribution in [3.63, 3.8) is 0 Å². The quantitative estimate of drug-likeness (QED) is 0.268. The molecule has 0 spiro atoms. The summed E-state index contributed by atoms with van der Waals surface area (Å²) >= 11 is 22.8. The molecule has 0 aromatic heterocycles. The molecule has 0 aliphatic heterocycles. The Kier molecular flexibility index (Phi) is 7.18. The van der Waals surface area contributed by atoms with E-state index in [1.54, 1.807) is 18.2 Å². The van der Waals surface area contributed by atoms with Crippen molar-refractivity contribution < 1.29 is 9.53 Å². The molecule has 2 N–H and O–H groups in total. The van der Waals surface area contributed by atoms with Gasteiger partial charge in [-0.3, -0.25) is 4.79 Å². The van der Waals surface area contributed by atoms with Crippen LogP contribution in [0, 0.1) is 5.92 Å². The van der Waals surface area contributed by atoms with Gasteiger partial charge in [-0.05, 0) is 78.6 Å². The molecule has 3 aromatic rings. The number of carbonyl (C=O) groups is 1. The first-order chi connectivity index (χ1) is 16.8. The third-order valence-electron chi connectivity index (χ3n) is 6.65. The van der Waals surface area contributed by atoms with Crippen molar-refractivity contribution in [2.75, 3.05) is 6.61 Å². The zero-order chi connectivity index (χ0) is 24.7. The summed E-state index contributed by atoms with van der Waals surface area (Å²) in [6.45, 7) is 0.0172. The second kappa shape index (κ2) is 10.2. The monoisotopic (exact) mass is 589 g/mol. The lowest BCUT2D eigenvalue weighted by Gasteiger charge is -2.15. The summed E-state index contributed by atoms with van der Waals surface area (Å²) in [5.74, 6) is 1.40. The van der Waals surface area contributed by atoms with Crippen molar-refractivity contribution in [2.45, 2.75) is 31.1 Å². The van der Waals surface area contributed by atoms with Crippen molar-refractivity contribution in [2.24, 2.45) is 11.7 Å². The van der Waals surface area contributed by atoms with Gasteiger partial charge in [0.2, 0.25) is 0 Å². The van der Waals surface area contributed by atoms with Crippen molar-refractivity contribution in [3.05, 3.63) is 102 Å². The summed E-state index contributed by atoms with van der Waals surface area (Å²) in [4.78, 5) is 13.0. The van der Waals surface area contributed by atoms with Gasteiger partial charge in [0.1, 0.15) is 12.4 Å². The molecule has 2 aliphatic carbocycles. The summed E-state index contributed by atoms with van der Waals surface area (Å²) in [6.07, 6.45) is 2.78. The number of halogens is 4. The van der Waals surface area contributed by atoms with Gasteiger partial charge in [-0.1, -0.05) is 75.0 Å². The first kappa shape index (κ1) is 24.7. The second-order valence-electron chi connectivity index (χ2n) is 9.10. The minimum absolute atomic E-state index is 0.0171. The summed E-state index contributed by atoms with van der Waals surface area (Å²) < 4.78 is 7.09. The molecule has 0 saturated heterocycles. The van der Waals surface area contributed by atoms with E-state index in [0.717, 1.165) is 29.3 Å². The summed E-state index contributed by atoms with van der Waals surface area (Å²) in [6, 6.07) is 19.3. The molecule has 180 valence electrons. The Balaban J connectivity index is 1.34. The van der Waals surface area contributed by atoms with Crippen LogP contribution in [0.1, 0.15) is 47.8 Å². The van der Waals surface area contributed by atoms with Gasteiger partial charge in [0.05, 0.1) is 21.3 Å². The van der Waals surface area contributed by atoms with Crippen molar-refractivity contribution in [1.82, 2.24) is 0 Å². The lowest BCUT2D eigenvalue weighted by atomic mass is 10.0. The van der Waals surface area contributed by atoms with Crippen LogP contribution in [-0.4, -0.2) is 12.4 Å². The van der Waals surface area contributed by atoms with Gasteiger partial charge < -0.3 is 10.5 Å². The Labute approximate surface area is 228 Å². The number of rotatable bonds is 8. The second-order valence-corrected chi connectivity index (χ2v) is 11.2. The third kappa shape index (κ3) is 5.41. The Morgan fingerprint density at radius 1 is 0.943 bits per heavy atom. The van der Waals surface area contributed by atoms with Gasteiger partial charge in [0.15, 0.2) is 5.78 Å². The van der Waals surface area contributed by atoms with Crippen LogP contribution >= 0.6 is 50.7 Å². The first-order valence-corrected chi connectivity index (χ1v) is 13.4. The van der Waals surface area contributed by atoms with Crippen LogP contribution in [-0.2, 0) is 4.79 Å². The largest absolute Gasteiger partial charge is 0.489 e. The fourth-order valence-electron chi connectivity index (χ4n) is 4.45. The zero-order valence-corrected chi connectivity index (χ0v) is 22.6. The van der Waals surface area contributed by atoms with E-state index in [-0.39, 0.29) is 24.0 Å². The molecule has 2 aliphatic rings. The maximum Gasteiger partial charge on any atom is 0.167 e. The molecule has 7 heteroatoms. The number of nitrogens with two attached hydrogens (primary N) is 1.